The number of rotatable bonds is 7. The van der Waals surface area contributed by atoms with Gasteiger partial charge in [-0.1, -0.05) is 26.0 Å². The molecular formula is C19H19BrN2O5. The Kier molecular flexibility index (Phi) is 6.95. The van der Waals surface area contributed by atoms with Gasteiger partial charge < -0.3 is 20.2 Å². The van der Waals surface area contributed by atoms with Crippen LogP contribution in [-0.4, -0.2) is 28.9 Å². The lowest BCUT2D eigenvalue weighted by molar-refractivity contribution is -0.142. The topological polar surface area (TPSA) is 109 Å². The molecule has 2 rings (SSSR count). The smallest absolute Gasteiger partial charge is 0.326 e. The second-order valence-corrected chi connectivity index (χ2v) is 6.90. The average Bonchev–Trinajstić information content (AvgIpc) is 3.11. The number of carboxylic acid groups (broad SMARTS) is 1. The van der Waals surface area contributed by atoms with Gasteiger partial charge in [-0.25, -0.2) is 4.79 Å². The van der Waals surface area contributed by atoms with E-state index < -0.39 is 23.8 Å². The van der Waals surface area contributed by atoms with Crippen LogP contribution in [-0.2, 0) is 9.59 Å². The Morgan fingerprint density at radius 2 is 1.85 bits per heavy atom. The molecule has 8 heteroatoms. The first-order chi connectivity index (χ1) is 12.8. The van der Waals surface area contributed by atoms with Crippen molar-refractivity contribution in [1.29, 1.82) is 0 Å². The van der Waals surface area contributed by atoms with Gasteiger partial charge in [0.15, 0.2) is 0 Å². The van der Waals surface area contributed by atoms with E-state index in [1.165, 1.54) is 12.3 Å². The molecule has 0 radical (unpaired) electrons. The molecule has 27 heavy (non-hydrogen) atoms. The summed E-state index contributed by atoms with van der Waals surface area (Å²) in [5, 5.41) is 14.2. The molecule has 1 atom stereocenters. The van der Waals surface area contributed by atoms with Crippen LogP contribution in [0.4, 0.5) is 0 Å². The van der Waals surface area contributed by atoms with Gasteiger partial charge in [-0.15, -0.1) is 0 Å². The molecule has 1 aromatic heterocycles. The molecule has 0 aliphatic heterocycles. The SMILES string of the molecule is CC(C)[C@@H](NC(=O)/C(=C/c1ccco1)NC(=O)c1ccccc1Br)C(=O)O. The molecule has 0 bridgehead atoms. The lowest BCUT2D eigenvalue weighted by Gasteiger charge is -2.19. The van der Waals surface area contributed by atoms with E-state index in [1.807, 2.05) is 0 Å². The van der Waals surface area contributed by atoms with Gasteiger partial charge in [-0.3, -0.25) is 9.59 Å². The van der Waals surface area contributed by atoms with E-state index in [0.29, 0.717) is 15.8 Å². The number of nitrogens with one attached hydrogen (secondary N) is 2. The summed E-state index contributed by atoms with van der Waals surface area (Å²) in [5.74, 6) is -2.41. The molecule has 1 aromatic carbocycles. The van der Waals surface area contributed by atoms with E-state index in [9.17, 15) is 19.5 Å². The highest BCUT2D eigenvalue weighted by Gasteiger charge is 2.26. The summed E-state index contributed by atoms with van der Waals surface area (Å²) in [6, 6.07) is 8.88. The zero-order valence-corrected chi connectivity index (χ0v) is 16.3. The number of carbonyl (C=O) groups excluding carboxylic acids is 2. The number of halogens is 1. The molecule has 0 aliphatic carbocycles. The lowest BCUT2D eigenvalue weighted by Crippen LogP contribution is -2.47. The lowest BCUT2D eigenvalue weighted by atomic mass is 10.0. The van der Waals surface area contributed by atoms with E-state index in [0.717, 1.165) is 0 Å². The van der Waals surface area contributed by atoms with Gasteiger partial charge in [0, 0.05) is 10.5 Å². The number of carbonyl (C=O) groups is 3. The number of aliphatic carboxylic acids is 1. The maximum Gasteiger partial charge on any atom is 0.326 e. The Morgan fingerprint density at radius 1 is 1.15 bits per heavy atom. The average molecular weight is 435 g/mol. The highest BCUT2D eigenvalue weighted by Crippen LogP contribution is 2.16. The minimum absolute atomic E-state index is 0.127. The first-order valence-electron chi connectivity index (χ1n) is 8.14. The van der Waals surface area contributed by atoms with Gasteiger partial charge in [-0.2, -0.15) is 0 Å². The number of hydrogen-bond acceptors (Lipinski definition) is 4. The van der Waals surface area contributed by atoms with Crippen molar-refractivity contribution in [2.75, 3.05) is 0 Å². The van der Waals surface area contributed by atoms with Gasteiger partial charge >= 0.3 is 5.97 Å². The number of benzene rings is 1. The highest BCUT2D eigenvalue weighted by molar-refractivity contribution is 9.10. The van der Waals surface area contributed by atoms with E-state index in [1.54, 1.807) is 50.2 Å². The summed E-state index contributed by atoms with van der Waals surface area (Å²) >= 11 is 3.29. The number of carboxylic acids is 1. The minimum Gasteiger partial charge on any atom is -0.480 e. The largest absolute Gasteiger partial charge is 0.480 e. The van der Waals surface area contributed by atoms with Crippen molar-refractivity contribution < 1.29 is 23.9 Å². The van der Waals surface area contributed by atoms with Crippen molar-refractivity contribution in [3.8, 4) is 0 Å². The van der Waals surface area contributed by atoms with Crippen LogP contribution in [0, 0.1) is 5.92 Å². The predicted molar refractivity (Wildman–Crippen MR) is 103 cm³/mol. The number of furan rings is 1. The molecule has 0 spiro atoms. The Morgan fingerprint density at radius 3 is 2.41 bits per heavy atom. The van der Waals surface area contributed by atoms with Crippen molar-refractivity contribution in [2.45, 2.75) is 19.9 Å². The first-order valence-corrected chi connectivity index (χ1v) is 8.93. The molecule has 0 saturated carbocycles. The maximum absolute atomic E-state index is 12.6. The van der Waals surface area contributed by atoms with Gasteiger partial charge in [-0.05, 0) is 46.1 Å². The first kappa shape index (κ1) is 20.4. The Bertz CT molecular complexity index is 859. The molecule has 7 nitrogen and oxygen atoms in total. The second-order valence-electron chi connectivity index (χ2n) is 6.04. The van der Waals surface area contributed by atoms with Crippen LogP contribution in [0.2, 0.25) is 0 Å². The molecule has 2 aromatic rings. The number of hydrogen-bond donors (Lipinski definition) is 3. The van der Waals surface area contributed by atoms with Crippen molar-refractivity contribution in [1.82, 2.24) is 10.6 Å². The molecule has 2 amide bonds. The van der Waals surface area contributed by atoms with Gasteiger partial charge in [0.25, 0.3) is 11.8 Å². The quantitative estimate of drug-likeness (QED) is 0.580. The molecule has 142 valence electrons. The summed E-state index contributed by atoms with van der Waals surface area (Å²) in [5.41, 5.74) is 0.201. The normalized spacial score (nSPS) is 12.5. The van der Waals surface area contributed by atoms with E-state index in [2.05, 4.69) is 26.6 Å². The summed E-state index contributed by atoms with van der Waals surface area (Å²) in [6.45, 7) is 3.35. The third-order valence-corrected chi connectivity index (χ3v) is 4.35. The van der Waals surface area contributed by atoms with Crippen LogP contribution < -0.4 is 10.6 Å². The van der Waals surface area contributed by atoms with Crippen molar-refractivity contribution >= 4 is 39.8 Å². The second kappa shape index (κ2) is 9.18. The van der Waals surface area contributed by atoms with Crippen LogP contribution in [0.5, 0.6) is 0 Å². The van der Waals surface area contributed by atoms with Crippen molar-refractivity contribution in [2.24, 2.45) is 5.92 Å². The standard InChI is InChI=1S/C19H19BrN2O5/c1-11(2)16(19(25)26)22-18(24)15(10-12-6-5-9-27-12)21-17(23)13-7-3-4-8-14(13)20/h3-11,16H,1-2H3,(H,21,23)(H,22,24)(H,25,26)/b15-10-/t16-/m1/s1. The number of amides is 2. The summed E-state index contributed by atoms with van der Waals surface area (Å²) in [6.07, 6.45) is 2.76. The Labute approximate surface area is 164 Å². The highest BCUT2D eigenvalue weighted by atomic mass is 79.9. The van der Waals surface area contributed by atoms with E-state index >= 15 is 0 Å². The fourth-order valence-corrected chi connectivity index (χ4v) is 2.71. The van der Waals surface area contributed by atoms with Crippen LogP contribution in [0.25, 0.3) is 6.08 Å². The Balaban J connectivity index is 2.29. The fourth-order valence-electron chi connectivity index (χ4n) is 2.24. The van der Waals surface area contributed by atoms with Gasteiger partial charge in [0.05, 0.1) is 11.8 Å². The van der Waals surface area contributed by atoms with E-state index in [-0.39, 0.29) is 11.6 Å². The van der Waals surface area contributed by atoms with Crippen molar-refractivity contribution in [3.05, 3.63) is 64.2 Å². The molecule has 0 unspecified atom stereocenters. The van der Waals surface area contributed by atoms with Crippen LogP contribution in [0.15, 0.2) is 57.2 Å². The zero-order chi connectivity index (χ0) is 20.0. The third-order valence-electron chi connectivity index (χ3n) is 3.66. The summed E-state index contributed by atoms with van der Waals surface area (Å²) in [4.78, 5) is 36.5. The molecular weight excluding hydrogens is 416 g/mol. The van der Waals surface area contributed by atoms with Crippen LogP contribution >= 0.6 is 15.9 Å². The summed E-state index contributed by atoms with van der Waals surface area (Å²) < 4.78 is 5.75. The van der Waals surface area contributed by atoms with Crippen LogP contribution in [0.1, 0.15) is 30.0 Å². The summed E-state index contributed by atoms with van der Waals surface area (Å²) in [7, 11) is 0. The fraction of sp³-hybridized carbons (Fsp3) is 0.211. The monoisotopic (exact) mass is 434 g/mol. The zero-order valence-electron chi connectivity index (χ0n) is 14.7. The molecule has 0 fully saturated rings. The van der Waals surface area contributed by atoms with Gasteiger partial charge in [0.2, 0.25) is 0 Å². The molecule has 3 N–H and O–H groups in total. The maximum atomic E-state index is 12.6. The van der Waals surface area contributed by atoms with Crippen molar-refractivity contribution in [3.63, 3.8) is 0 Å². The molecule has 0 aliphatic rings. The molecule has 1 heterocycles. The van der Waals surface area contributed by atoms with E-state index in [4.69, 9.17) is 4.42 Å². The Hall–Kier alpha value is -2.87. The molecule has 0 saturated heterocycles. The predicted octanol–water partition coefficient (Wildman–Crippen LogP) is 3.04. The van der Waals surface area contributed by atoms with Gasteiger partial charge in [0.1, 0.15) is 17.5 Å². The third kappa shape index (κ3) is 5.55. The minimum atomic E-state index is -1.16. The van der Waals surface area contributed by atoms with Crippen LogP contribution in [0.3, 0.4) is 0 Å².